The maximum atomic E-state index is 15.2. The average molecular weight is 598 g/mol. The van der Waals surface area contributed by atoms with Crippen molar-refractivity contribution in [2.45, 2.75) is 17.4 Å². The highest BCUT2D eigenvalue weighted by Gasteiger charge is 2.57. The molecule has 1 aliphatic heterocycles. The summed E-state index contributed by atoms with van der Waals surface area (Å²) in [5.74, 6) is 0.596. The Morgan fingerprint density at radius 2 is 1.18 bits per heavy atom. The molecule has 0 amide bonds. The van der Waals surface area contributed by atoms with Gasteiger partial charge in [0.15, 0.2) is 7.14 Å². The summed E-state index contributed by atoms with van der Waals surface area (Å²) >= 11 is 0. The summed E-state index contributed by atoms with van der Waals surface area (Å²) in [5, 5.41) is 5.43. The molecule has 45 heavy (non-hydrogen) atoms. The third-order valence-corrected chi connectivity index (χ3v) is 13.3. The van der Waals surface area contributed by atoms with Gasteiger partial charge in [-0.1, -0.05) is 164 Å². The Morgan fingerprint density at radius 3 is 1.84 bits per heavy atom. The molecule has 5 aromatic carbocycles. The smallest absolute Gasteiger partial charge is 0.186 e. The van der Waals surface area contributed by atoms with E-state index in [0.717, 1.165) is 16.0 Å². The van der Waals surface area contributed by atoms with Crippen LogP contribution in [0.4, 0.5) is 0 Å². The largest absolute Gasteiger partial charge is 0.371 e. The molecule has 1 N–H and O–H groups in total. The first-order valence-corrected chi connectivity index (χ1v) is 17.5. The van der Waals surface area contributed by atoms with Crippen LogP contribution in [0.15, 0.2) is 175 Å². The molecular formula is C42H32NOP. The van der Waals surface area contributed by atoms with Crippen molar-refractivity contribution in [1.82, 2.24) is 5.32 Å². The average Bonchev–Trinajstić information content (AvgIpc) is 3.59. The Labute approximate surface area is 264 Å². The Kier molecular flexibility index (Phi) is 5.92. The van der Waals surface area contributed by atoms with E-state index in [-0.39, 0.29) is 11.5 Å². The molecule has 0 saturated carbocycles. The summed E-state index contributed by atoms with van der Waals surface area (Å²) in [5.41, 5.74) is 9.89. The third kappa shape index (κ3) is 3.67. The van der Waals surface area contributed by atoms with Gasteiger partial charge >= 0.3 is 0 Å². The summed E-state index contributed by atoms with van der Waals surface area (Å²) in [6.45, 7) is 0. The predicted molar refractivity (Wildman–Crippen MR) is 186 cm³/mol. The van der Waals surface area contributed by atoms with Crippen molar-refractivity contribution in [1.29, 1.82) is 0 Å². The first kappa shape index (κ1) is 26.5. The Hall–Kier alpha value is -4.91. The Morgan fingerprint density at radius 1 is 0.578 bits per heavy atom. The van der Waals surface area contributed by atoms with E-state index in [9.17, 15) is 0 Å². The predicted octanol–water partition coefficient (Wildman–Crippen LogP) is 8.90. The zero-order chi connectivity index (χ0) is 30.0. The molecule has 0 saturated heterocycles. The lowest BCUT2D eigenvalue weighted by molar-refractivity contribution is 0.465. The number of nitrogens with one attached hydrogen (secondary N) is 1. The fraction of sp³-hybridized carbons (Fsp3) is 0.0952. The van der Waals surface area contributed by atoms with Gasteiger partial charge < -0.3 is 9.88 Å². The van der Waals surface area contributed by atoms with E-state index in [1.807, 2.05) is 66.7 Å². The van der Waals surface area contributed by atoms with Crippen molar-refractivity contribution in [3.8, 4) is 11.1 Å². The molecule has 0 fully saturated rings. The minimum atomic E-state index is -3.13. The van der Waals surface area contributed by atoms with Crippen molar-refractivity contribution >= 4 is 17.8 Å². The van der Waals surface area contributed by atoms with Crippen LogP contribution in [0.5, 0.6) is 0 Å². The van der Waals surface area contributed by atoms with Crippen LogP contribution in [0, 0.1) is 5.92 Å². The number of rotatable bonds is 4. The summed E-state index contributed by atoms with van der Waals surface area (Å²) in [6, 6.07) is 44.7. The first-order valence-electron chi connectivity index (χ1n) is 15.8. The van der Waals surface area contributed by atoms with Crippen molar-refractivity contribution in [3.63, 3.8) is 0 Å². The zero-order valence-corrected chi connectivity index (χ0v) is 25.6. The van der Waals surface area contributed by atoms with Crippen LogP contribution in [0.1, 0.15) is 39.8 Å². The molecule has 2 nitrogen and oxygen atoms in total. The van der Waals surface area contributed by atoms with Crippen LogP contribution >= 0.6 is 7.14 Å². The van der Waals surface area contributed by atoms with Crippen molar-refractivity contribution < 1.29 is 4.57 Å². The molecule has 1 spiro atoms. The van der Waals surface area contributed by atoms with Crippen LogP contribution in [-0.4, -0.2) is 0 Å². The Balaban J connectivity index is 1.19. The SMILES string of the molecule is O=P(C1=CC=CC(c2ccc3c(c2)C2(c4ccccc4-c4ccccc42)C2C=CC=CC32)N1)(c1ccccc1)c1ccccc1. The molecule has 0 aromatic heterocycles. The van der Waals surface area contributed by atoms with Gasteiger partial charge in [-0.15, -0.1) is 0 Å². The van der Waals surface area contributed by atoms with Crippen LogP contribution < -0.4 is 15.9 Å². The normalized spacial score (nSPS) is 21.4. The van der Waals surface area contributed by atoms with Gasteiger partial charge in [0.05, 0.1) is 16.9 Å². The second-order valence-electron chi connectivity index (χ2n) is 12.4. The van der Waals surface area contributed by atoms with E-state index in [1.165, 1.54) is 38.9 Å². The molecule has 5 aromatic rings. The maximum Gasteiger partial charge on any atom is 0.186 e. The lowest BCUT2D eigenvalue weighted by atomic mass is 9.65. The molecule has 3 atom stereocenters. The topological polar surface area (TPSA) is 29.1 Å². The monoisotopic (exact) mass is 597 g/mol. The summed E-state index contributed by atoms with van der Waals surface area (Å²) < 4.78 is 15.2. The molecule has 3 unspecified atom stereocenters. The first-order chi connectivity index (χ1) is 22.2. The quantitative estimate of drug-likeness (QED) is 0.210. The number of allylic oxidation sites excluding steroid dienone is 6. The second kappa shape index (κ2) is 10.1. The van der Waals surface area contributed by atoms with E-state index in [2.05, 4.69) is 109 Å². The van der Waals surface area contributed by atoms with E-state index in [0.29, 0.717) is 11.8 Å². The highest BCUT2D eigenvalue weighted by Crippen LogP contribution is 2.65. The number of fused-ring (bicyclic) bond motifs is 10. The minimum absolute atomic E-state index is 0.117. The van der Waals surface area contributed by atoms with Gasteiger partial charge in [-0.2, -0.15) is 0 Å². The van der Waals surface area contributed by atoms with Gasteiger partial charge in [-0.25, -0.2) is 0 Å². The molecular weight excluding hydrogens is 565 g/mol. The number of dihydropyridines is 1. The summed E-state index contributed by atoms with van der Waals surface area (Å²) in [6.07, 6.45) is 15.5. The van der Waals surface area contributed by atoms with E-state index < -0.39 is 7.14 Å². The van der Waals surface area contributed by atoms with Gasteiger partial charge in [0.1, 0.15) is 0 Å². The van der Waals surface area contributed by atoms with Gasteiger partial charge in [-0.05, 0) is 45.0 Å². The highest BCUT2D eigenvalue weighted by molar-refractivity contribution is 7.82. The van der Waals surface area contributed by atoms with Crippen molar-refractivity contribution in [2.75, 3.05) is 0 Å². The molecule has 3 heteroatoms. The molecule has 0 radical (unpaired) electrons. The minimum Gasteiger partial charge on any atom is -0.371 e. The van der Waals surface area contributed by atoms with Gasteiger partial charge in [0.2, 0.25) is 0 Å². The van der Waals surface area contributed by atoms with E-state index in [1.54, 1.807) is 0 Å². The third-order valence-electron chi connectivity index (χ3n) is 10.3. The van der Waals surface area contributed by atoms with Gasteiger partial charge in [-0.3, -0.25) is 0 Å². The molecule has 216 valence electrons. The Bertz CT molecular complexity index is 2050. The molecule has 4 aliphatic rings. The summed E-state index contributed by atoms with van der Waals surface area (Å²) in [4.78, 5) is 0. The van der Waals surface area contributed by atoms with Crippen LogP contribution in [0.25, 0.3) is 11.1 Å². The number of hydrogen-bond donors (Lipinski definition) is 1. The molecule has 9 rings (SSSR count). The highest BCUT2D eigenvalue weighted by atomic mass is 31.2. The van der Waals surface area contributed by atoms with Gasteiger partial charge in [0, 0.05) is 22.4 Å². The number of hydrogen-bond acceptors (Lipinski definition) is 2. The maximum absolute atomic E-state index is 15.2. The van der Waals surface area contributed by atoms with Gasteiger partial charge in [0.25, 0.3) is 0 Å². The molecule has 0 bridgehead atoms. The van der Waals surface area contributed by atoms with Crippen LogP contribution in [-0.2, 0) is 9.98 Å². The number of benzene rings is 5. The lowest BCUT2D eigenvalue weighted by Crippen LogP contribution is -2.33. The zero-order valence-electron chi connectivity index (χ0n) is 24.8. The van der Waals surface area contributed by atoms with Crippen molar-refractivity contribution in [2.24, 2.45) is 5.92 Å². The van der Waals surface area contributed by atoms with Crippen molar-refractivity contribution in [3.05, 3.63) is 203 Å². The standard InChI is InChI=1S/C42H32NOP/c44-45(30-14-3-1-4-15-30,31-16-5-2-6-17-31)41-25-13-24-40(43-41)29-26-27-35-34-20-9-12-23-38(34)42(39(35)28-29)36-21-10-7-18-32(36)33-19-8-11-22-37(33)42/h1-28,34,38,40,43H. The lowest BCUT2D eigenvalue weighted by Gasteiger charge is -2.36. The molecule has 1 heterocycles. The second-order valence-corrected chi connectivity index (χ2v) is 15.1. The fourth-order valence-electron chi connectivity index (χ4n) is 8.42. The van der Waals surface area contributed by atoms with Crippen LogP contribution in [0.3, 0.4) is 0 Å². The fourth-order valence-corrected chi connectivity index (χ4v) is 11.1. The summed E-state index contributed by atoms with van der Waals surface area (Å²) in [7, 11) is -3.13. The molecule has 3 aliphatic carbocycles. The van der Waals surface area contributed by atoms with E-state index >= 15 is 4.57 Å². The van der Waals surface area contributed by atoms with E-state index in [4.69, 9.17) is 0 Å². The van der Waals surface area contributed by atoms with Crippen LogP contribution in [0.2, 0.25) is 0 Å².